The van der Waals surface area contributed by atoms with Crippen molar-refractivity contribution in [3.63, 3.8) is 0 Å². The largest absolute Gasteiger partial charge is 0.492 e. The first-order valence-corrected chi connectivity index (χ1v) is 8.69. The van der Waals surface area contributed by atoms with E-state index in [0.29, 0.717) is 6.42 Å². The first-order valence-electron chi connectivity index (χ1n) is 8.69. The van der Waals surface area contributed by atoms with Gasteiger partial charge in [-0.05, 0) is 29.2 Å². The van der Waals surface area contributed by atoms with E-state index in [1.807, 2.05) is 30.3 Å². The predicted molar refractivity (Wildman–Crippen MR) is 107 cm³/mol. The van der Waals surface area contributed by atoms with Crippen LogP contribution in [-0.2, 0) is 12.8 Å². The van der Waals surface area contributed by atoms with Crippen LogP contribution < -0.4 is 5.56 Å². The summed E-state index contributed by atoms with van der Waals surface area (Å²) in [6.07, 6.45) is 1.82. The molecule has 0 aliphatic heterocycles. The summed E-state index contributed by atoms with van der Waals surface area (Å²) in [7, 11) is 0. The van der Waals surface area contributed by atoms with Crippen LogP contribution in [0.2, 0.25) is 0 Å². The second-order valence-corrected chi connectivity index (χ2v) is 6.04. The summed E-state index contributed by atoms with van der Waals surface area (Å²) in [5, 5.41) is 19.2. The first-order chi connectivity index (χ1) is 14.0. The summed E-state index contributed by atoms with van der Waals surface area (Å²) in [6, 6.07) is 18.5. The van der Waals surface area contributed by atoms with Crippen LogP contribution in [0.25, 0.3) is 0 Å². The van der Waals surface area contributed by atoms with E-state index in [4.69, 9.17) is 5.11 Å². The van der Waals surface area contributed by atoms with Gasteiger partial charge in [-0.1, -0.05) is 54.3 Å². The molecule has 1 aromatic heterocycles. The second-order valence-electron chi connectivity index (χ2n) is 6.04. The molecule has 29 heavy (non-hydrogen) atoms. The molecule has 2 aromatic carbocycles. The highest BCUT2D eigenvalue weighted by Gasteiger charge is 2.07. The summed E-state index contributed by atoms with van der Waals surface area (Å²) in [5.41, 5.74) is 1.50. The van der Waals surface area contributed by atoms with Crippen LogP contribution in [0.4, 0.5) is 0 Å². The Hall–Kier alpha value is -4.29. The predicted octanol–water partition coefficient (Wildman–Crippen LogP) is 2.29. The molecule has 6 heteroatoms. The summed E-state index contributed by atoms with van der Waals surface area (Å²) >= 11 is 0. The summed E-state index contributed by atoms with van der Waals surface area (Å²) in [6.45, 7) is 0. The number of carboxylic acid groups (broad SMARTS) is 1. The lowest BCUT2D eigenvalue weighted by atomic mass is 10.1. The van der Waals surface area contributed by atoms with Gasteiger partial charge in [0.15, 0.2) is 5.69 Å². The SMILES string of the molecule is O=C(O)c1ccc(CC#Cn2c(O)c(C#CCc3ccccc3)ncc2=O)cc1. The molecule has 0 atom stereocenters. The van der Waals surface area contributed by atoms with Crippen LogP contribution in [0.3, 0.4) is 0 Å². The molecular formula is C23H16N2O4. The van der Waals surface area contributed by atoms with Crippen LogP contribution in [0.5, 0.6) is 5.88 Å². The van der Waals surface area contributed by atoms with Crippen molar-refractivity contribution in [2.45, 2.75) is 12.8 Å². The molecule has 3 rings (SSSR count). The van der Waals surface area contributed by atoms with Crippen molar-refractivity contribution in [2.75, 3.05) is 0 Å². The third kappa shape index (κ3) is 5.12. The molecule has 3 aromatic rings. The maximum atomic E-state index is 12.0. The van der Waals surface area contributed by atoms with Crippen molar-refractivity contribution < 1.29 is 15.0 Å². The van der Waals surface area contributed by atoms with Crippen LogP contribution in [0, 0.1) is 23.8 Å². The number of hydrogen-bond donors (Lipinski definition) is 2. The van der Waals surface area contributed by atoms with E-state index in [-0.39, 0.29) is 17.7 Å². The molecule has 0 aliphatic rings. The maximum absolute atomic E-state index is 12.0. The van der Waals surface area contributed by atoms with Crippen molar-refractivity contribution in [1.82, 2.24) is 9.55 Å². The number of nitrogens with zero attached hydrogens (tertiary/aromatic N) is 2. The lowest BCUT2D eigenvalue weighted by Gasteiger charge is -2.01. The van der Waals surface area contributed by atoms with E-state index >= 15 is 0 Å². The smallest absolute Gasteiger partial charge is 0.335 e. The quantitative estimate of drug-likeness (QED) is 0.676. The minimum Gasteiger partial charge on any atom is -0.492 e. The summed E-state index contributed by atoms with van der Waals surface area (Å²) < 4.78 is 0.894. The Bertz CT molecular complexity index is 1210. The average Bonchev–Trinajstić information content (AvgIpc) is 2.73. The normalized spacial score (nSPS) is 9.66. The minimum absolute atomic E-state index is 0.0700. The Morgan fingerprint density at radius 2 is 1.62 bits per heavy atom. The fourth-order valence-electron chi connectivity index (χ4n) is 2.45. The van der Waals surface area contributed by atoms with Gasteiger partial charge in [0, 0.05) is 18.9 Å². The molecule has 0 radical (unpaired) electrons. The average molecular weight is 384 g/mol. The van der Waals surface area contributed by atoms with Crippen LogP contribution >= 0.6 is 0 Å². The van der Waals surface area contributed by atoms with Gasteiger partial charge in [-0.3, -0.25) is 4.79 Å². The molecule has 1 heterocycles. The van der Waals surface area contributed by atoms with Gasteiger partial charge in [0.2, 0.25) is 5.88 Å². The number of carboxylic acids is 1. The zero-order valence-corrected chi connectivity index (χ0v) is 15.3. The number of rotatable bonds is 3. The molecule has 0 amide bonds. The van der Waals surface area contributed by atoms with E-state index < -0.39 is 17.4 Å². The molecule has 0 spiro atoms. The molecule has 142 valence electrons. The van der Waals surface area contributed by atoms with Crippen molar-refractivity contribution in [2.24, 2.45) is 0 Å². The molecule has 0 bridgehead atoms. The van der Waals surface area contributed by atoms with E-state index in [1.54, 1.807) is 12.1 Å². The molecule has 0 fully saturated rings. The lowest BCUT2D eigenvalue weighted by Crippen LogP contribution is -2.17. The van der Waals surface area contributed by atoms with Crippen molar-refractivity contribution in [3.05, 3.63) is 93.5 Å². The van der Waals surface area contributed by atoms with E-state index in [2.05, 4.69) is 28.8 Å². The molecule has 2 N–H and O–H groups in total. The Labute approximate surface area is 167 Å². The van der Waals surface area contributed by atoms with Crippen LogP contribution in [-0.4, -0.2) is 25.7 Å². The molecule has 6 nitrogen and oxygen atoms in total. The topological polar surface area (TPSA) is 92.4 Å². The third-order valence-electron chi connectivity index (χ3n) is 3.97. The Morgan fingerprint density at radius 3 is 2.31 bits per heavy atom. The standard InChI is InChI=1S/C23H16N2O4/c26-21-16-24-20(10-4-8-17-6-2-1-3-7-17)22(27)25(21)15-5-9-18-11-13-19(14-12-18)23(28)29/h1-3,6-7,11-14,16,27H,8-9H2,(H,28,29). The number of aromatic nitrogens is 2. The number of benzene rings is 2. The second kappa shape index (κ2) is 9.07. The molecule has 0 saturated heterocycles. The van der Waals surface area contributed by atoms with Gasteiger partial charge in [0.25, 0.3) is 5.56 Å². The number of aromatic hydroxyl groups is 1. The van der Waals surface area contributed by atoms with Gasteiger partial charge in [0.1, 0.15) is 0 Å². The first kappa shape index (κ1) is 19.5. The highest BCUT2D eigenvalue weighted by molar-refractivity contribution is 5.87. The van der Waals surface area contributed by atoms with Crippen molar-refractivity contribution in [1.29, 1.82) is 0 Å². The van der Waals surface area contributed by atoms with Gasteiger partial charge in [-0.25, -0.2) is 9.78 Å². The van der Waals surface area contributed by atoms with Crippen molar-refractivity contribution in [3.8, 4) is 29.7 Å². The molecule has 0 unspecified atom stereocenters. The minimum atomic E-state index is -1.00. The zero-order valence-electron chi connectivity index (χ0n) is 15.3. The Kier molecular flexibility index (Phi) is 6.09. The third-order valence-corrected chi connectivity index (χ3v) is 3.97. The fraction of sp³-hybridized carbons (Fsp3) is 0.0870. The van der Waals surface area contributed by atoms with E-state index in [9.17, 15) is 14.7 Å². The summed E-state index contributed by atoms with van der Waals surface area (Å²) in [5.74, 6) is 7.05. The fourth-order valence-corrected chi connectivity index (χ4v) is 2.45. The number of carbonyl (C=O) groups is 1. The monoisotopic (exact) mass is 384 g/mol. The number of aromatic carboxylic acids is 1. The molecule has 0 saturated carbocycles. The maximum Gasteiger partial charge on any atom is 0.335 e. The van der Waals surface area contributed by atoms with Gasteiger partial charge >= 0.3 is 5.97 Å². The van der Waals surface area contributed by atoms with E-state index in [1.165, 1.54) is 12.1 Å². The highest BCUT2D eigenvalue weighted by atomic mass is 16.4. The van der Waals surface area contributed by atoms with Gasteiger partial charge in [-0.2, -0.15) is 4.57 Å². The molecule has 0 aliphatic carbocycles. The van der Waals surface area contributed by atoms with Gasteiger partial charge in [0.05, 0.1) is 11.8 Å². The van der Waals surface area contributed by atoms with Gasteiger partial charge in [-0.15, -0.1) is 0 Å². The number of hydrogen-bond acceptors (Lipinski definition) is 4. The van der Waals surface area contributed by atoms with Gasteiger partial charge < -0.3 is 10.2 Å². The van der Waals surface area contributed by atoms with Crippen LogP contribution in [0.15, 0.2) is 65.6 Å². The van der Waals surface area contributed by atoms with Crippen molar-refractivity contribution >= 4 is 5.97 Å². The van der Waals surface area contributed by atoms with E-state index in [0.717, 1.165) is 21.9 Å². The lowest BCUT2D eigenvalue weighted by molar-refractivity contribution is 0.0697. The Balaban J connectivity index is 1.77. The highest BCUT2D eigenvalue weighted by Crippen LogP contribution is 2.09. The zero-order chi connectivity index (χ0) is 20.6. The summed E-state index contributed by atoms with van der Waals surface area (Å²) in [4.78, 5) is 26.7. The molecular weight excluding hydrogens is 368 g/mol. The van der Waals surface area contributed by atoms with Crippen LogP contribution in [0.1, 0.15) is 27.2 Å². The Morgan fingerprint density at radius 1 is 0.966 bits per heavy atom.